The highest BCUT2D eigenvalue weighted by atomic mass is 35.5. The maximum absolute atomic E-state index is 14.1. The van der Waals surface area contributed by atoms with Gasteiger partial charge in [0, 0.05) is 86.6 Å². The number of ketones is 1. The van der Waals surface area contributed by atoms with Gasteiger partial charge < -0.3 is 19.3 Å². The zero-order valence-corrected chi connectivity index (χ0v) is 27.9. The molecule has 0 aromatic heterocycles. The van der Waals surface area contributed by atoms with Crippen molar-refractivity contribution in [3.63, 3.8) is 0 Å². The lowest BCUT2D eigenvalue weighted by Gasteiger charge is -2.47. The van der Waals surface area contributed by atoms with E-state index in [2.05, 4.69) is 33.4 Å². The number of benzene rings is 2. The molecule has 0 spiro atoms. The summed E-state index contributed by atoms with van der Waals surface area (Å²) in [5.41, 5.74) is 2.12. The van der Waals surface area contributed by atoms with E-state index in [1.165, 1.54) is 0 Å². The summed E-state index contributed by atoms with van der Waals surface area (Å²) in [6.07, 6.45) is 0. The average Bonchev–Trinajstić information content (AvgIpc) is 2.98. The van der Waals surface area contributed by atoms with Crippen molar-refractivity contribution in [1.82, 2.24) is 9.80 Å². The summed E-state index contributed by atoms with van der Waals surface area (Å²) in [7, 11) is 0. The molecule has 2 fully saturated rings. The lowest BCUT2D eigenvalue weighted by Crippen LogP contribution is -2.64. The number of hydrogen-bond donors (Lipinski definition) is 0. The predicted molar refractivity (Wildman–Crippen MR) is 176 cm³/mol. The van der Waals surface area contributed by atoms with Crippen LogP contribution in [0, 0.1) is 0 Å². The lowest BCUT2D eigenvalue weighted by atomic mass is 9.99. The van der Waals surface area contributed by atoms with E-state index < -0.39 is 12.1 Å². The maximum atomic E-state index is 14.1. The minimum absolute atomic E-state index is 0.0934. The molecule has 0 radical (unpaired) electrons. The zero-order valence-electron chi connectivity index (χ0n) is 24.9. The number of hydrogen-bond acceptors (Lipinski definition) is 7. The van der Waals surface area contributed by atoms with Gasteiger partial charge in [-0.1, -0.05) is 23.2 Å². The molecular weight excluding hydrogens is 618 g/mol. The van der Waals surface area contributed by atoms with E-state index in [1.807, 2.05) is 50.2 Å². The number of Topliss-reactive ketones (excluding diaryl/α,β-unsaturated/α-hetero) is 1. The molecule has 0 amide bonds. The van der Waals surface area contributed by atoms with E-state index in [-0.39, 0.29) is 29.6 Å². The largest absolute Gasteiger partial charge is 0.492 e. The molecule has 0 unspecified atom stereocenters. The number of halogens is 4. The van der Waals surface area contributed by atoms with Crippen LogP contribution in [0.5, 0.6) is 11.5 Å². The second-order valence-electron chi connectivity index (χ2n) is 10.9. The minimum Gasteiger partial charge on any atom is -0.492 e. The summed E-state index contributed by atoms with van der Waals surface area (Å²) in [5.74, 6) is 1.92. The predicted octanol–water partition coefficient (Wildman–Crippen LogP) is 6.30. The van der Waals surface area contributed by atoms with Gasteiger partial charge in [0.25, 0.3) is 0 Å². The van der Waals surface area contributed by atoms with Crippen molar-refractivity contribution in [3.05, 3.63) is 46.4 Å². The highest BCUT2D eigenvalue weighted by molar-refractivity contribution is 6.32. The Kier molecular flexibility index (Phi) is 12.2. The summed E-state index contributed by atoms with van der Waals surface area (Å²) in [5, 5.41) is 1.20. The summed E-state index contributed by atoms with van der Waals surface area (Å²) in [4.78, 5) is 23.2. The monoisotopic (exact) mass is 658 g/mol. The van der Waals surface area contributed by atoms with Gasteiger partial charge in [0.2, 0.25) is 0 Å². The van der Waals surface area contributed by atoms with Crippen LogP contribution in [0.3, 0.4) is 0 Å². The molecular formula is C31H42Cl4N4O3. The van der Waals surface area contributed by atoms with Crippen LogP contribution in [0.4, 0.5) is 11.4 Å². The number of ether oxygens (including phenoxy) is 2. The Balaban J connectivity index is 1.41. The summed E-state index contributed by atoms with van der Waals surface area (Å²) >= 11 is 25.7. The third kappa shape index (κ3) is 7.54. The molecule has 0 saturated carbocycles. The van der Waals surface area contributed by atoms with Crippen molar-refractivity contribution in [3.8, 4) is 11.5 Å². The number of alkyl halides is 2. The number of carbonyl (C=O) groups excluding carboxylic acids is 1. The fourth-order valence-corrected chi connectivity index (χ4v) is 7.13. The Morgan fingerprint density at radius 1 is 0.762 bits per heavy atom. The van der Waals surface area contributed by atoms with E-state index in [1.54, 1.807) is 0 Å². The number of rotatable bonds is 12. The highest BCUT2D eigenvalue weighted by Gasteiger charge is 2.40. The lowest BCUT2D eigenvalue weighted by molar-refractivity contribution is -0.130. The van der Waals surface area contributed by atoms with Gasteiger partial charge in [0.1, 0.15) is 11.5 Å². The third-order valence-corrected chi connectivity index (χ3v) is 9.48. The molecule has 11 heteroatoms. The van der Waals surface area contributed by atoms with E-state index in [4.69, 9.17) is 55.9 Å². The first-order valence-electron chi connectivity index (χ1n) is 14.7. The van der Waals surface area contributed by atoms with Crippen molar-refractivity contribution < 1.29 is 14.3 Å². The first-order valence-corrected chi connectivity index (χ1v) is 16.6. The number of nitrogens with zero attached hydrogens (tertiary/aromatic N) is 4. The second kappa shape index (κ2) is 15.4. The van der Waals surface area contributed by atoms with E-state index in [0.717, 1.165) is 37.6 Å². The molecule has 7 nitrogen and oxygen atoms in total. The maximum Gasteiger partial charge on any atom is 0.169 e. The number of carbonyl (C=O) groups is 1. The van der Waals surface area contributed by atoms with Gasteiger partial charge in [-0.25, -0.2) is 0 Å². The van der Waals surface area contributed by atoms with Gasteiger partial charge in [0.05, 0.1) is 35.3 Å². The normalized spacial score (nSPS) is 21.7. The quantitative estimate of drug-likeness (QED) is 0.248. The fourth-order valence-electron chi connectivity index (χ4n) is 6.13. The zero-order chi connectivity index (χ0) is 30.4. The highest BCUT2D eigenvalue weighted by Crippen LogP contribution is 2.33. The van der Waals surface area contributed by atoms with Crippen LogP contribution in [-0.4, -0.2) is 104 Å². The number of anilines is 2. The Labute approximate surface area is 270 Å². The molecule has 2 aliphatic rings. The first kappa shape index (κ1) is 33.3. The molecule has 2 saturated heterocycles. The Morgan fingerprint density at radius 3 is 1.50 bits per heavy atom. The van der Waals surface area contributed by atoms with Crippen LogP contribution in [0.2, 0.25) is 10.0 Å². The molecule has 4 rings (SSSR count). The fraction of sp³-hybridized carbons (Fsp3) is 0.581. The molecule has 2 aromatic carbocycles. The van der Waals surface area contributed by atoms with Crippen LogP contribution >= 0.6 is 46.4 Å². The van der Waals surface area contributed by atoms with Crippen molar-refractivity contribution in [1.29, 1.82) is 0 Å². The van der Waals surface area contributed by atoms with Crippen LogP contribution in [0.15, 0.2) is 36.4 Å². The van der Waals surface area contributed by atoms with Crippen molar-refractivity contribution in [2.45, 2.75) is 51.9 Å². The van der Waals surface area contributed by atoms with Crippen LogP contribution in [-0.2, 0) is 4.79 Å². The molecule has 0 N–H and O–H groups in total. The molecule has 2 heterocycles. The third-order valence-electron chi connectivity index (χ3n) is 8.27. The van der Waals surface area contributed by atoms with Gasteiger partial charge in [-0.2, -0.15) is 0 Å². The molecule has 2 aliphatic heterocycles. The SMILES string of the molecule is CCOc1cc(N2CCN([C@H](CCl)C(=O)[C@@H](CCl)N3CCN(c4ccc(Cl)c(OCC)c4)C[C@@H]3C)[C@@H](C)C2)ccc1Cl. The van der Waals surface area contributed by atoms with Crippen LogP contribution in [0.25, 0.3) is 0 Å². The Morgan fingerprint density at radius 2 is 1.17 bits per heavy atom. The summed E-state index contributed by atoms with van der Waals surface area (Å²) in [6, 6.07) is 11.2. The molecule has 0 aliphatic carbocycles. The molecule has 2 aromatic rings. The van der Waals surface area contributed by atoms with Crippen molar-refractivity contribution in [2.75, 3.05) is 74.0 Å². The van der Waals surface area contributed by atoms with Gasteiger partial charge in [-0.05, 0) is 52.0 Å². The molecule has 42 heavy (non-hydrogen) atoms. The van der Waals surface area contributed by atoms with E-state index in [9.17, 15) is 4.79 Å². The summed E-state index contributed by atoms with van der Waals surface area (Å²) in [6.45, 7) is 13.8. The molecule has 232 valence electrons. The van der Waals surface area contributed by atoms with Gasteiger partial charge in [-0.3, -0.25) is 14.6 Å². The molecule has 0 bridgehead atoms. The van der Waals surface area contributed by atoms with Gasteiger partial charge in [-0.15, -0.1) is 23.2 Å². The van der Waals surface area contributed by atoms with E-state index in [0.29, 0.717) is 47.8 Å². The van der Waals surface area contributed by atoms with Gasteiger partial charge >= 0.3 is 0 Å². The average molecular weight is 661 g/mol. The standard InChI is InChI=1S/C31H42Cl4N4O3/c1-5-41-29-15-23(7-9-25(29)34)36-11-13-38(21(3)19-36)27(17-32)31(40)28(18-33)39-14-12-37(20-22(39)4)24-8-10-26(35)30(16-24)42-6-2/h7-10,15-16,21-22,27-28H,5-6,11-14,17-20H2,1-4H3/t21-,22-,27+,28+/m0/s1. The van der Waals surface area contributed by atoms with Crippen molar-refractivity contribution in [2.24, 2.45) is 0 Å². The smallest absolute Gasteiger partial charge is 0.169 e. The van der Waals surface area contributed by atoms with E-state index >= 15 is 0 Å². The number of piperazine rings is 2. The molecule has 4 atom stereocenters. The topological polar surface area (TPSA) is 48.5 Å². The van der Waals surface area contributed by atoms with Gasteiger partial charge in [0.15, 0.2) is 5.78 Å². The first-order chi connectivity index (χ1) is 20.2. The van der Waals surface area contributed by atoms with Crippen LogP contribution < -0.4 is 19.3 Å². The summed E-state index contributed by atoms with van der Waals surface area (Å²) < 4.78 is 11.4. The van der Waals surface area contributed by atoms with Crippen molar-refractivity contribution >= 4 is 63.6 Å². The second-order valence-corrected chi connectivity index (χ2v) is 12.3. The van der Waals surface area contributed by atoms with Crippen LogP contribution in [0.1, 0.15) is 27.7 Å². The minimum atomic E-state index is -0.410. The Bertz CT molecular complexity index is 1120. The Hall–Kier alpha value is -1.61.